The summed E-state index contributed by atoms with van der Waals surface area (Å²) in [5.74, 6) is 0.352. The summed E-state index contributed by atoms with van der Waals surface area (Å²) in [5, 5.41) is 46.5. The van der Waals surface area contributed by atoms with Gasteiger partial charge in [-0.3, -0.25) is 0 Å². The first-order valence-electron chi connectivity index (χ1n) is 22.5. The second-order valence-electron chi connectivity index (χ2n) is 17.8. The normalized spacial score (nSPS) is 11.4. The van der Waals surface area contributed by atoms with E-state index in [1.165, 1.54) is 11.1 Å². The summed E-state index contributed by atoms with van der Waals surface area (Å²) in [6.07, 6.45) is 0. The minimum atomic E-state index is 0.176. The lowest BCUT2D eigenvalue weighted by molar-refractivity contribution is 0.632. The molecule has 0 saturated carbocycles. The van der Waals surface area contributed by atoms with Crippen molar-refractivity contribution >= 4 is 99.5 Å². The Hall–Kier alpha value is -9.34. The van der Waals surface area contributed by atoms with Crippen molar-refractivity contribution in [1.82, 2.24) is 0 Å². The zero-order valence-corrected chi connectivity index (χ0v) is 37.7. The minimum absolute atomic E-state index is 0.176. The molecule has 68 heavy (non-hydrogen) atoms. The molecule has 0 aliphatic carbocycles. The molecule has 2 aromatic heterocycles. The zero-order valence-electron chi connectivity index (χ0n) is 37.7. The Morgan fingerprint density at radius 3 is 0.926 bits per heavy atom. The molecule has 2 heterocycles. The van der Waals surface area contributed by atoms with Crippen molar-refractivity contribution in [2.75, 3.05) is 9.80 Å². The van der Waals surface area contributed by atoms with Crippen molar-refractivity contribution in [3.63, 3.8) is 0 Å². The van der Waals surface area contributed by atoms with E-state index in [4.69, 9.17) is 8.83 Å². The quantitative estimate of drug-likeness (QED) is 0.148. The van der Waals surface area contributed by atoms with E-state index in [-0.39, 0.29) is 11.8 Å². The highest BCUT2D eigenvalue weighted by molar-refractivity contribution is 6.24. The molecule has 322 valence electrons. The Labute approximate surface area is 392 Å². The first-order valence-corrected chi connectivity index (χ1v) is 22.5. The van der Waals surface area contributed by atoms with Gasteiger partial charge in [0.2, 0.25) is 0 Å². The zero-order chi connectivity index (χ0) is 46.8. The van der Waals surface area contributed by atoms with Gasteiger partial charge < -0.3 is 18.6 Å². The van der Waals surface area contributed by atoms with Gasteiger partial charge in [0.1, 0.15) is 11.2 Å². The predicted molar refractivity (Wildman–Crippen MR) is 272 cm³/mol. The second kappa shape index (κ2) is 16.3. The summed E-state index contributed by atoms with van der Waals surface area (Å²) >= 11 is 0. The molecule has 0 aliphatic heterocycles. The molecule has 11 aromatic rings. The largest absolute Gasteiger partial charge is 0.452 e. The third kappa shape index (κ3) is 6.80. The number of nitriles is 4. The van der Waals surface area contributed by atoms with E-state index in [1.54, 1.807) is 0 Å². The van der Waals surface area contributed by atoms with Crippen LogP contribution in [0.5, 0.6) is 0 Å². The highest BCUT2D eigenvalue weighted by Gasteiger charge is 2.28. The molecule has 0 unspecified atom stereocenters. The van der Waals surface area contributed by atoms with Crippen LogP contribution in [0.3, 0.4) is 0 Å². The molecular formula is C60H40N6O2. The van der Waals surface area contributed by atoms with E-state index >= 15 is 0 Å². The first kappa shape index (κ1) is 41.4. The van der Waals surface area contributed by atoms with Crippen molar-refractivity contribution in [1.29, 1.82) is 21.0 Å². The van der Waals surface area contributed by atoms with Crippen LogP contribution in [0.15, 0.2) is 167 Å². The summed E-state index contributed by atoms with van der Waals surface area (Å²) in [6.45, 7) is 9.02. The average molecular weight is 877 g/mol. The molecule has 9 aromatic carbocycles. The maximum absolute atomic E-state index is 9.53. The van der Waals surface area contributed by atoms with Gasteiger partial charge in [0.15, 0.2) is 11.2 Å². The summed E-state index contributed by atoms with van der Waals surface area (Å²) in [6, 6.07) is 60.4. The molecular weight excluding hydrogens is 837 g/mol. The molecule has 0 amide bonds. The number of anilines is 6. The van der Waals surface area contributed by atoms with Gasteiger partial charge in [0, 0.05) is 55.7 Å². The second-order valence-corrected chi connectivity index (χ2v) is 17.8. The molecule has 8 nitrogen and oxygen atoms in total. The van der Waals surface area contributed by atoms with Crippen LogP contribution in [0.1, 0.15) is 72.9 Å². The van der Waals surface area contributed by atoms with Gasteiger partial charge in [-0.15, -0.1) is 0 Å². The Morgan fingerprint density at radius 2 is 0.647 bits per heavy atom. The molecule has 0 aliphatic rings. The Morgan fingerprint density at radius 1 is 0.353 bits per heavy atom. The number of fused-ring (bicyclic) bond motifs is 9. The minimum Gasteiger partial charge on any atom is -0.452 e. The molecule has 0 radical (unpaired) electrons. The van der Waals surface area contributed by atoms with Crippen LogP contribution in [0.4, 0.5) is 34.1 Å². The maximum atomic E-state index is 9.53. The van der Waals surface area contributed by atoms with E-state index in [0.717, 1.165) is 99.5 Å². The van der Waals surface area contributed by atoms with Crippen LogP contribution in [0.2, 0.25) is 0 Å². The fourth-order valence-corrected chi connectivity index (χ4v) is 9.89. The summed E-state index contributed by atoms with van der Waals surface area (Å²) < 4.78 is 14.0. The van der Waals surface area contributed by atoms with Gasteiger partial charge >= 0.3 is 0 Å². The lowest BCUT2D eigenvalue weighted by Gasteiger charge is -2.26. The summed E-state index contributed by atoms with van der Waals surface area (Å²) in [4.78, 5) is 4.25. The van der Waals surface area contributed by atoms with Crippen molar-refractivity contribution in [2.45, 2.75) is 39.5 Å². The van der Waals surface area contributed by atoms with E-state index in [0.29, 0.717) is 22.3 Å². The Kier molecular flexibility index (Phi) is 9.90. The number of rotatable bonds is 8. The SMILES string of the molecule is CC(C)c1c(C(C)C)c2c3cc4ccc(N(c5ccc(C#N)cc5)c5ccc(C#N)cc5)cc4cc3oc2c2oc3cc4cc(N(c5ccc(C#N)cc5)c5ccc(C#N)cc5)ccc4cc3c12. The van der Waals surface area contributed by atoms with Gasteiger partial charge in [0.25, 0.3) is 0 Å². The van der Waals surface area contributed by atoms with Crippen LogP contribution in [0, 0.1) is 45.3 Å². The smallest absolute Gasteiger partial charge is 0.178 e. The Bertz CT molecular complexity index is 3620. The standard InChI is InChI=1S/C60H40N6O2/c1-35(2)55-56(36(3)4)58-52-28-42-14-24-50(66(47-19-9-39(33-63)10-20-47)48-21-11-40(34-64)12-22-48)26-44(42)30-54(52)68-60(58)59-57(55)51-27-41-13-23-49(25-43(41)29-53(51)67-59)65(45-15-5-37(31-61)6-16-45)46-17-7-38(32-62)8-18-46/h5-30,35-36H,1-4H3. The van der Waals surface area contributed by atoms with Crippen molar-refractivity contribution in [3.05, 3.63) is 191 Å². The van der Waals surface area contributed by atoms with Gasteiger partial charge in [-0.25, -0.2) is 0 Å². The molecule has 0 bridgehead atoms. The van der Waals surface area contributed by atoms with Crippen molar-refractivity contribution in [3.8, 4) is 24.3 Å². The summed E-state index contributed by atoms with van der Waals surface area (Å²) in [5.41, 5.74) is 13.1. The number of hydrogen-bond donors (Lipinski definition) is 0. The number of furan rings is 2. The maximum Gasteiger partial charge on any atom is 0.178 e. The molecule has 0 saturated heterocycles. The molecule has 0 fully saturated rings. The molecule has 0 spiro atoms. The highest BCUT2D eigenvalue weighted by atomic mass is 16.4. The molecule has 11 rings (SSSR count). The van der Waals surface area contributed by atoms with E-state index in [1.807, 2.05) is 97.1 Å². The van der Waals surface area contributed by atoms with E-state index in [9.17, 15) is 21.0 Å². The molecule has 0 atom stereocenters. The van der Waals surface area contributed by atoms with Crippen molar-refractivity contribution in [2.24, 2.45) is 0 Å². The number of nitrogens with zero attached hydrogens (tertiary/aromatic N) is 6. The third-order valence-electron chi connectivity index (χ3n) is 13.0. The number of hydrogen-bond acceptors (Lipinski definition) is 8. The third-order valence-corrected chi connectivity index (χ3v) is 13.0. The van der Waals surface area contributed by atoms with Gasteiger partial charge in [-0.2, -0.15) is 21.0 Å². The fourth-order valence-electron chi connectivity index (χ4n) is 9.89. The van der Waals surface area contributed by atoms with Crippen LogP contribution in [0.25, 0.3) is 65.4 Å². The van der Waals surface area contributed by atoms with Crippen LogP contribution >= 0.6 is 0 Å². The highest BCUT2D eigenvalue weighted by Crippen LogP contribution is 2.49. The lowest BCUT2D eigenvalue weighted by Crippen LogP contribution is -2.10. The lowest BCUT2D eigenvalue weighted by atomic mass is 9.84. The Balaban J connectivity index is 1.09. The van der Waals surface area contributed by atoms with Gasteiger partial charge in [-0.05, 0) is 190 Å². The van der Waals surface area contributed by atoms with Gasteiger partial charge in [-0.1, -0.05) is 39.8 Å². The number of benzene rings is 9. The monoisotopic (exact) mass is 876 g/mol. The first-order chi connectivity index (χ1) is 33.1. The molecule has 8 heteroatoms. The molecule has 0 N–H and O–H groups in total. The van der Waals surface area contributed by atoms with Crippen LogP contribution < -0.4 is 9.80 Å². The van der Waals surface area contributed by atoms with E-state index in [2.05, 4.69) is 122 Å². The van der Waals surface area contributed by atoms with Crippen molar-refractivity contribution < 1.29 is 8.83 Å². The summed E-state index contributed by atoms with van der Waals surface area (Å²) in [7, 11) is 0. The van der Waals surface area contributed by atoms with Crippen LogP contribution in [-0.2, 0) is 0 Å². The van der Waals surface area contributed by atoms with Crippen LogP contribution in [-0.4, -0.2) is 0 Å². The topological polar surface area (TPSA) is 128 Å². The predicted octanol–water partition coefficient (Wildman–Crippen LogP) is 16.5. The fraction of sp³-hybridized carbons (Fsp3) is 0.100. The van der Waals surface area contributed by atoms with Gasteiger partial charge in [0.05, 0.1) is 46.5 Å². The van der Waals surface area contributed by atoms with E-state index < -0.39 is 0 Å². The average Bonchev–Trinajstić information content (AvgIpc) is 3.93.